The van der Waals surface area contributed by atoms with Gasteiger partial charge in [0.2, 0.25) is 6.29 Å². The second-order valence-corrected chi connectivity index (χ2v) is 11.2. The molecule has 4 rings (SSSR count). The van der Waals surface area contributed by atoms with Crippen LogP contribution in [0, 0.1) is 5.92 Å². The number of carbonyl (C=O) groups excluding carboxylic acids is 4. The smallest absolute Gasteiger partial charge is 0.358 e. The molecule has 3 N–H and O–H groups in total. The fourth-order valence-corrected chi connectivity index (χ4v) is 5.69. The number of carbonyl (C=O) groups is 4. The maximum absolute atomic E-state index is 13.4. The van der Waals surface area contributed by atoms with Crippen LogP contribution < -0.4 is 15.9 Å². The Balaban J connectivity index is 1.51. The Bertz CT molecular complexity index is 1360. The molecule has 0 radical (unpaired) electrons. The molecule has 40 heavy (non-hydrogen) atoms. The van der Waals surface area contributed by atoms with Crippen LogP contribution >= 0.6 is 34.6 Å². The quantitative estimate of drug-likeness (QED) is 0.124. The average Bonchev–Trinajstić information content (AvgIpc) is 3.60. The predicted octanol–water partition coefficient (Wildman–Crippen LogP) is 1.79. The third kappa shape index (κ3) is 6.83. The first-order chi connectivity index (χ1) is 19.2. The van der Waals surface area contributed by atoms with Gasteiger partial charge in [-0.25, -0.2) is 4.79 Å². The van der Waals surface area contributed by atoms with E-state index >= 15 is 0 Å². The Morgan fingerprint density at radius 1 is 1.27 bits per heavy atom. The van der Waals surface area contributed by atoms with Gasteiger partial charge in [-0.2, -0.15) is 4.98 Å². The van der Waals surface area contributed by atoms with Gasteiger partial charge in [0.1, 0.15) is 23.3 Å². The zero-order valence-electron chi connectivity index (χ0n) is 21.5. The van der Waals surface area contributed by atoms with Crippen LogP contribution in [0.3, 0.4) is 0 Å². The summed E-state index contributed by atoms with van der Waals surface area (Å²) >= 11 is 3.67. The maximum Gasteiger partial charge on any atom is 0.358 e. The number of fused-ring (bicyclic) bond motifs is 1. The first kappa shape index (κ1) is 29.2. The molecule has 2 aromatic rings. The molecule has 14 nitrogen and oxygen atoms in total. The van der Waals surface area contributed by atoms with Gasteiger partial charge in [-0.1, -0.05) is 36.5 Å². The second-order valence-electron chi connectivity index (χ2n) is 8.64. The van der Waals surface area contributed by atoms with Crippen molar-refractivity contribution < 1.29 is 33.5 Å². The number of hydrogen-bond donors (Lipinski definition) is 2. The van der Waals surface area contributed by atoms with E-state index in [1.54, 1.807) is 38.3 Å². The van der Waals surface area contributed by atoms with Crippen LogP contribution in [0.2, 0.25) is 0 Å². The van der Waals surface area contributed by atoms with Crippen LogP contribution in [0.15, 0.2) is 33.3 Å². The summed E-state index contributed by atoms with van der Waals surface area (Å²) in [6.07, 6.45) is 3.16. The standard InChI is InChI=1S/C23H25N7O7S3/c1-4-16(32)35-22(11(2)3)36-21(34)18-12(5-6-13-9-40-29-28-13)8-38-20-17(19(33)30(18)20)26-14(31)7-25-37-15-10-39-23(24)27-15/h5-7,9-11,17,20,22H,4,8H2,1-3H3,(H2,24,27)(H,26,31)/b6-5-,25-7-. The molecule has 0 spiro atoms. The van der Waals surface area contributed by atoms with E-state index in [9.17, 15) is 19.2 Å². The number of aromatic nitrogens is 3. The number of hydrogen-bond acceptors (Lipinski definition) is 15. The van der Waals surface area contributed by atoms with E-state index in [0.717, 1.165) is 17.6 Å². The zero-order chi connectivity index (χ0) is 28.8. The van der Waals surface area contributed by atoms with Crippen LogP contribution in [-0.4, -0.2) is 72.9 Å². The van der Waals surface area contributed by atoms with Crippen molar-refractivity contribution in [2.45, 2.75) is 44.9 Å². The molecule has 0 aliphatic carbocycles. The molecule has 0 aromatic carbocycles. The van der Waals surface area contributed by atoms with Crippen molar-refractivity contribution in [2.24, 2.45) is 11.1 Å². The number of oxime groups is 1. The van der Waals surface area contributed by atoms with E-state index in [2.05, 4.69) is 25.0 Å². The minimum Gasteiger partial charge on any atom is -0.425 e. The summed E-state index contributed by atoms with van der Waals surface area (Å²) in [5.41, 5.74) is 6.59. The Morgan fingerprint density at radius 2 is 2.08 bits per heavy atom. The van der Waals surface area contributed by atoms with E-state index in [0.29, 0.717) is 17.0 Å². The van der Waals surface area contributed by atoms with E-state index in [1.807, 2.05) is 0 Å². The fraction of sp³-hybridized carbons (Fsp3) is 0.391. The lowest BCUT2D eigenvalue weighted by Crippen LogP contribution is -2.70. The fourth-order valence-electron chi connectivity index (χ4n) is 3.49. The number of rotatable bonds is 11. The lowest BCUT2D eigenvalue weighted by Gasteiger charge is -2.49. The van der Waals surface area contributed by atoms with E-state index < -0.39 is 41.5 Å². The average molecular weight is 608 g/mol. The number of nitrogens with two attached hydrogens (primary N) is 1. The number of esters is 2. The van der Waals surface area contributed by atoms with Gasteiger partial charge in [0.05, 0.1) is 11.1 Å². The van der Waals surface area contributed by atoms with Gasteiger partial charge in [-0.05, 0) is 23.2 Å². The number of ether oxygens (including phenoxy) is 2. The summed E-state index contributed by atoms with van der Waals surface area (Å²) in [5, 5.41) is 13.0. The number of thiazole rings is 1. The molecule has 2 aliphatic heterocycles. The van der Waals surface area contributed by atoms with Gasteiger partial charge in [0.15, 0.2) is 5.13 Å². The van der Waals surface area contributed by atoms with Crippen LogP contribution in [0.4, 0.5) is 5.13 Å². The van der Waals surface area contributed by atoms with E-state index in [-0.39, 0.29) is 29.0 Å². The molecule has 1 fully saturated rings. The molecule has 3 atom stereocenters. The van der Waals surface area contributed by atoms with Crippen molar-refractivity contribution in [2.75, 3.05) is 11.5 Å². The number of nitrogen functional groups attached to an aromatic ring is 1. The van der Waals surface area contributed by atoms with Gasteiger partial charge in [0.25, 0.3) is 17.7 Å². The molecule has 2 aromatic heterocycles. The van der Waals surface area contributed by atoms with Crippen LogP contribution in [0.25, 0.3) is 6.08 Å². The summed E-state index contributed by atoms with van der Waals surface area (Å²) in [6.45, 7) is 5.10. The molecule has 4 heterocycles. The molecule has 212 valence electrons. The second kappa shape index (κ2) is 13.0. The number of nitrogens with one attached hydrogen (secondary N) is 1. The Morgan fingerprint density at radius 3 is 2.73 bits per heavy atom. The van der Waals surface area contributed by atoms with Gasteiger partial charge >= 0.3 is 11.9 Å². The van der Waals surface area contributed by atoms with Crippen molar-refractivity contribution in [3.8, 4) is 5.88 Å². The van der Waals surface area contributed by atoms with Crippen molar-refractivity contribution in [1.82, 2.24) is 24.8 Å². The molecule has 3 unspecified atom stereocenters. The van der Waals surface area contributed by atoms with Crippen molar-refractivity contribution >= 4 is 75.8 Å². The number of nitrogens with zero attached hydrogens (tertiary/aromatic N) is 5. The summed E-state index contributed by atoms with van der Waals surface area (Å²) in [6, 6.07) is -0.922. The summed E-state index contributed by atoms with van der Waals surface area (Å²) in [7, 11) is 0. The van der Waals surface area contributed by atoms with Crippen LogP contribution in [0.1, 0.15) is 32.9 Å². The summed E-state index contributed by atoms with van der Waals surface area (Å²) in [4.78, 5) is 61.0. The number of thioether (sulfide) groups is 1. The third-order valence-electron chi connectivity index (χ3n) is 5.44. The normalized spacial score (nSPS) is 19.5. The monoisotopic (exact) mass is 607 g/mol. The van der Waals surface area contributed by atoms with Crippen molar-refractivity contribution in [3.05, 3.63) is 33.8 Å². The number of β-lactam (4-membered cyclic amide) rings is 1. The maximum atomic E-state index is 13.4. The Hall–Kier alpha value is -3.83. The number of amides is 2. The molecule has 0 bridgehead atoms. The predicted molar refractivity (Wildman–Crippen MR) is 148 cm³/mol. The van der Waals surface area contributed by atoms with E-state index in [1.165, 1.54) is 33.6 Å². The number of allylic oxidation sites excluding steroid dienone is 1. The van der Waals surface area contributed by atoms with Gasteiger partial charge in [0, 0.05) is 23.5 Å². The molecule has 0 saturated carbocycles. The highest BCUT2D eigenvalue weighted by atomic mass is 32.2. The lowest BCUT2D eigenvalue weighted by molar-refractivity contribution is -0.195. The topological polar surface area (TPSA) is 188 Å². The van der Waals surface area contributed by atoms with Gasteiger partial charge in [-0.15, -0.1) is 28.2 Å². The Kier molecular flexibility index (Phi) is 9.49. The lowest BCUT2D eigenvalue weighted by atomic mass is 10.0. The highest BCUT2D eigenvalue weighted by molar-refractivity contribution is 8.00. The minimum absolute atomic E-state index is 0.00462. The summed E-state index contributed by atoms with van der Waals surface area (Å²) in [5.74, 6) is -2.44. The first-order valence-corrected chi connectivity index (χ1v) is 14.7. The SMILES string of the molecule is CCC(=O)OC(OC(=O)C1=C(/C=C\c2csnn2)CSC2C(NC(=O)/C=N\Oc3csc(N)n3)C(=O)N12)C(C)C. The van der Waals surface area contributed by atoms with Gasteiger partial charge < -0.3 is 25.4 Å². The first-order valence-electron chi connectivity index (χ1n) is 11.9. The molecular weight excluding hydrogens is 582 g/mol. The highest BCUT2D eigenvalue weighted by Gasteiger charge is 2.54. The van der Waals surface area contributed by atoms with Crippen LogP contribution in [0.5, 0.6) is 5.88 Å². The largest absolute Gasteiger partial charge is 0.425 e. The zero-order valence-corrected chi connectivity index (χ0v) is 24.0. The molecule has 17 heteroatoms. The third-order valence-corrected chi connectivity index (χ3v) is 7.92. The molecule has 2 amide bonds. The highest BCUT2D eigenvalue weighted by Crippen LogP contribution is 2.41. The molecular formula is C23H25N7O7S3. The minimum atomic E-state index is -1.15. The Labute approximate surface area is 240 Å². The van der Waals surface area contributed by atoms with Crippen molar-refractivity contribution in [1.29, 1.82) is 0 Å². The van der Waals surface area contributed by atoms with Gasteiger partial charge in [-0.3, -0.25) is 19.3 Å². The molecule has 2 aliphatic rings. The van der Waals surface area contributed by atoms with Crippen molar-refractivity contribution in [3.63, 3.8) is 0 Å². The number of anilines is 1. The summed E-state index contributed by atoms with van der Waals surface area (Å²) < 4.78 is 14.7. The molecule has 1 saturated heterocycles. The van der Waals surface area contributed by atoms with Crippen LogP contribution in [-0.2, 0) is 28.7 Å². The van der Waals surface area contributed by atoms with E-state index in [4.69, 9.17) is 20.0 Å².